The van der Waals surface area contributed by atoms with E-state index in [1.54, 1.807) is 0 Å². The van der Waals surface area contributed by atoms with Crippen LogP contribution in [0.4, 0.5) is 0 Å². The van der Waals surface area contributed by atoms with Gasteiger partial charge in [0.2, 0.25) is 0 Å². The topological polar surface area (TPSA) is 14.8 Å². The number of hydrogen-bond acceptors (Lipinski definition) is 0. The molecule has 8 aromatic carbocycles. The van der Waals surface area contributed by atoms with Crippen molar-refractivity contribution in [3.63, 3.8) is 0 Å². The molecule has 0 unspecified atom stereocenters. The maximum absolute atomic E-state index is 4.25. The standard InChI is InChI=1S/C57H41N3/c1-5-41-46-34-48-45-23-13-17-27-54(45)60(56(48)35-50(46)57(3,4)49(41)6-2)40-31-37(30-39(33-40)59-51-24-14-10-20-42(51)43-21-11-15-25-52(43)59)36-28-29-55-47(32-36)44-22-12-16-26-53(44)58(55)38-18-8-7-9-19-38/h5-35H,1-2H2,3-4H3. The summed E-state index contributed by atoms with van der Waals surface area (Å²) < 4.78 is 7.32. The van der Waals surface area contributed by atoms with Crippen LogP contribution in [0, 0.1) is 0 Å². The van der Waals surface area contributed by atoms with E-state index in [1.807, 2.05) is 12.2 Å². The van der Waals surface area contributed by atoms with Crippen molar-refractivity contribution in [1.82, 2.24) is 13.7 Å². The molecule has 1 aliphatic carbocycles. The molecule has 3 heterocycles. The Morgan fingerprint density at radius 1 is 0.383 bits per heavy atom. The van der Waals surface area contributed by atoms with Gasteiger partial charge in [-0.3, -0.25) is 0 Å². The van der Waals surface area contributed by atoms with Gasteiger partial charge in [-0.15, -0.1) is 0 Å². The molecule has 0 fully saturated rings. The molecule has 0 aliphatic heterocycles. The summed E-state index contributed by atoms with van der Waals surface area (Å²) in [6, 6.07) is 64.9. The van der Waals surface area contributed by atoms with Gasteiger partial charge in [-0.05, 0) is 112 Å². The Balaban J connectivity index is 1.17. The highest BCUT2D eigenvalue weighted by Crippen LogP contribution is 2.50. The lowest BCUT2D eigenvalue weighted by atomic mass is 9.81. The van der Waals surface area contributed by atoms with Gasteiger partial charge in [0.1, 0.15) is 0 Å². The smallest absolute Gasteiger partial charge is 0.0544 e. The Hall–Kier alpha value is -7.62. The van der Waals surface area contributed by atoms with Crippen molar-refractivity contribution in [1.29, 1.82) is 0 Å². The van der Waals surface area contributed by atoms with Crippen LogP contribution in [0.1, 0.15) is 25.0 Å². The van der Waals surface area contributed by atoms with Crippen molar-refractivity contribution in [3.05, 3.63) is 218 Å². The predicted molar refractivity (Wildman–Crippen MR) is 255 cm³/mol. The van der Waals surface area contributed by atoms with Crippen LogP contribution in [0.15, 0.2) is 207 Å². The van der Waals surface area contributed by atoms with E-state index < -0.39 is 0 Å². The Morgan fingerprint density at radius 2 is 0.850 bits per heavy atom. The normalized spacial score (nSPS) is 13.7. The van der Waals surface area contributed by atoms with Crippen LogP contribution in [-0.4, -0.2) is 13.7 Å². The van der Waals surface area contributed by atoms with E-state index in [0.29, 0.717) is 0 Å². The minimum atomic E-state index is -0.222. The molecule has 0 saturated carbocycles. The molecule has 12 rings (SSSR count). The van der Waals surface area contributed by atoms with Gasteiger partial charge in [0.25, 0.3) is 0 Å². The fourth-order valence-electron chi connectivity index (χ4n) is 10.5. The summed E-state index contributed by atoms with van der Waals surface area (Å²) in [6.07, 6.45) is 4.02. The molecule has 11 aromatic rings. The van der Waals surface area contributed by atoms with Crippen LogP contribution in [0.5, 0.6) is 0 Å². The largest absolute Gasteiger partial charge is 0.309 e. The van der Waals surface area contributed by atoms with Gasteiger partial charge in [-0.1, -0.05) is 136 Å². The molecule has 3 aromatic heterocycles. The minimum absolute atomic E-state index is 0.222. The second kappa shape index (κ2) is 12.7. The molecular weight excluding hydrogens is 727 g/mol. The van der Waals surface area contributed by atoms with E-state index in [9.17, 15) is 0 Å². The van der Waals surface area contributed by atoms with Crippen molar-refractivity contribution in [2.45, 2.75) is 19.3 Å². The Labute approximate surface area is 348 Å². The fraction of sp³-hybridized carbons (Fsp3) is 0.0526. The van der Waals surface area contributed by atoms with Gasteiger partial charge >= 0.3 is 0 Å². The Morgan fingerprint density at radius 3 is 1.40 bits per heavy atom. The number of allylic oxidation sites excluding steroid dienone is 4. The summed E-state index contributed by atoms with van der Waals surface area (Å²) in [5.41, 5.74) is 17.5. The second-order valence-electron chi connectivity index (χ2n) is 16.7. The van der Waals surface area contributed by atoms with Crippen LogP contribution in [-0.2, 0) is 5.41 Å². The Bertz CT molecular complexity index is 3600. The van der Waals surface area contributed by atoms with Gasteiger partial charge in [0.05, 0.1) is 33.1 Å². The lowest BCUT2D eigenvalue weighted by Crippen LogP contribution is -2.16. The Kier molecular flexibility index (Phi) is 7.28. The number of hydrogen-bond donors (Lipinski definition) is 0. The molecule has 1 aliphatic rings. The van der Waals surface area contributed by atoms with E-state index in [1.165, 1.54) is 93.3 Å². The number of rotatable bonds is 6. The number of benzene rings is 8. The third-order valence-corrected chi connectivity index (χ3v) is 13.2. The van der Waals surface area contributed by atoms with Crippen molar-refractivity contribution in [2.24, 2.45) is 0 Å². The zero-order chi connectivity index (χ0) is 40.3. The monoisotopic (exact) mass is 767 g/mol. The van der Waals surface area contributed by atoms with Gasteiger partial charge in [-0.25, -0.2) is 0 Å². The summed E-state index contributed by atoms with van der Waals surface area (Å²) in [4.78, 5) is 0. The average molecular weight is 768 g/mol. The van der Waals surface area contributed by atoms with Crippen molar-refractivity contribution >= 4 is 71.0 Å². The molecule has 0 spiro atoms. The molecule has 0 N–H and O–H groups in total. The first-order valence-electron chi connectivity index (χ1n) is 20.8. The zero-order valence-corrected chi connectivity index (χ0v) is 33.7. The number of nitrogens with zero attached hydrogens (tertiary/aromatic N) is 3. The first kappa shape index (κ1) is 34.4. The molecule has 3 nitrogen and oxygen atoms in total. The minimum Gasteiger partial charge on any atom is -0.309 e. The summed E-state index contributed by atoms with van der Waals surface area (Å²) >= 11 is 0. The summed E-state index contributed by atoms with van der Waals surface area (Å²) in [6.45, 7) is 13.1. The molecule has 0 saturated heterocycles. The van der Waals surface area contributed by atoms with Crippen LogP contribution in [0.25, 0.3) is 99.2 Å². The van der Waals surface area contributed by atoms with Crippen LogP contribution >= 0.6 is 0 Å². The first-order chi connectivity index (χ1) is 29.4. The van der Waals surface area contributed by atoms with E-state index in [0.717, 1.165) is 22.6 Å². The van der Waals surface area contributed by atoms with Crippen molar-refractivity contribution < 1.29 is 0 Å². The van der Waals surface area contributed by atoms with Crippen LogP contribution in [0.3, 0.4) is 0 Å². The quantitative estimate of drug-likeness (QED) is 0.160. The average Bonchev–Trinajstić information content (AvgIpc) is 3.98. The molecule has 0 atom stereocenters. The molecule has 3 heteroatoms. The third kappa shape index (κ3) is 4.72. The van der Waals surface area contributed by atoms with E-state index >= 15 is 0 Å². The highest BCUT2D eigenvalue weighted by atomic mass is 15.0. The summed E-state index contributed by atoms with van der Waals surface area (Å²) in [5.74, 6) is 0. The number of aromatic nitrogens is 3. The van der Waals surface area contributed by atoms with Gasteiger partial charge in [0.15, 0.2) is 0 Å². The maximum Gasteiger partial charge on any atom is 0.0544 e. The molecular formula is C57H41N3. The summed E-state index contributed by atoms with van der Waals surface area (Å²) in [5, 5.41) is 7.41. The number of para-hydroxylation sites is 5. The third-order valence-electron chi connectivity index (χ3n) is 13.2. The molecule has 0 radical (unpaired) electrons. The second-order valence-corrected chi connectivity index (χ2v) is 16.7. The SMILES string of the molecule is C=CC1=C(C=C)C(C)(C)c2cc3c(cc21)c1ccccc1n3-c1cc(-c2ccc3c(c2)c2ccccc2n3-c2ccccc2)cc(-n2c3ccccc3c3ccccc32)c1. The molecule has 0 amide bonds. The first-order valence-corrected chi connectivity index (χ1v) is 20.8. The van der Waals surface area contributed by atoms with Crippen molar-refractivity contribution in [2.75, 3.05) is 0 Å². The number of fused-ring (bicyclic) bond motifs is 10. The zero-order valence-electron chi connectivity index (χ0n) is 33.7. The summed E-state index contributed by atoms with van der Waals surface area (Å²) in [7, 11) is 0. The molecule has 60 heavy (non-hydrogen) atoms. The molecule has 284 valence electrons. The lowest BCUT2D eigenvalue weighted by molar-refractivity contribution is 0.655. The maximum atomic E-state index is 4.25. The van der Waals surface area contributed by atoms with E-state index in [2.05, 4.69) is 217 Å². The fourth-order valence-corrected chi connectivity index (χ4v) is 10.5. The van der Waals surface area contributed by atoms with Crippen LogP contribution in [0.2, 0.25) is 0 Å². The van der Waals surface area contributed by atoms with Crippen molar-refractivity contribution in [3.8, 4) is 28.2 Å². The van der Waals surface area contributed by atoms with Gasteiger partial charge < -0.3 is 13.7 Å². The molecule has 0 bridgehead atoms. The van der Waals surface area contributed by atoms with Crippen LogP contribution < -0.4 is 0 Å². The highest BCUT2D eigenvalue weighted by Gasteiger charge is 2.36. The van der Waals surface area contributed by atoms with E-state index in [4.69, 9.17) is 0 Å². The van der Waals surface area contributed by atoms with E-state index in [-0.39, 0.29) is 5.41 Å². The van der Waals surface area contributed by atoms with Gasteiger partial charge in [0, 0.05) is 54.8 Å². The lowest BCUT2D eigenvalue weighted by Gasteiger charge is -2.23. The van der Waals surface area contributed by atoms with Gasteiger partial charge in [-0.2, -0.15) is 0 Å². The predicted octanol–water partition coefficient (Wildman–Crippen LogP) is 15.1. The highest BCUT2D eigenvalue weighted by molar-refractivity contribution is 6.13.